The molecule has 9 heteroatoms. The average Bonchev–Trinajstić information content (AvgIpc) is 3.13. The van der Waals surface area contributed by atoms with Crippen LogP contribution in [0.5, 0.6) is 0 Å². The number of benzene rings is 2. The Morgan fingerprint density at radius 1 is 1.09 bits per heavy atom. The molecule has 4 amide bonds. The van der Waals surface area contributed by atoms with Gasteiger partial charge in [0.15, 0.2) is 0 Å². The highest BCUT2D eigenvalue weighted by atomic mass is 35.5. The minimum atomic E-state index is -1.12. The molecule has 2 aromatic rings. The number of imide groups is 1. The number of likely N-dealkylation sites (tertiary alicyclic amines) is 1. The van der Waals surface area contributed by atoms with Crippen molar-refractivity contribution in [2.45, 2.75) is 24.8 Å². The Morgan fingerprint density at radius 3 is 2.42 bits per heavy atom. The van der Waals surface area contributed by atoms with Crippen molar-refractivity contribution < 1.29 is 23.9 Å². The van der Waals surface area contributed by atoms with E-state index in [4.69, 9.17) is 16.3 Å². The molecular formula is C24H24ClN3O5. The third-order valence-electron chi connectivity index (χ3n) is 6.41. The topological polar surface area (TPSA) is 105 Å². The Bertz CT molecular complexity index is 1110. The molecule has 2 fully saturated rings. The number of carbonyl (C=O) groups excluding carboxylic acids is 4. The molecule has 2 aliphatic heterocycles. The second-order valence-electron chi connectivity index (χ2n) is 8.29. The van der Waals surface area contributed by atoms with Crippen LogP contribution in [0.4, 0.5) is 4.79 Å². The first-order chi connectivity index (χ1) is 15.8. The van der Waals surface area contributed by atoms with Gasteiger partial charge in [0.25, 0.3) is 11.8 Å². The molecule has 2 heterocycles. The molecule has 2 N–H and O–H groups in total. The number of esters is 1. The first kappa shape index (κ1) is 22.8. The molecule has 2 aromatic carbocycles. The van der Waals surface area contributed by atoms with E-state index in [-0.39, 0.29) is 24.2 Å². The zero-order chi connectivity index (χ0) is 23.6. The van der Waals surface area contributed by atoms with Gasteiger partial charge >= 0.3 is 12.0 Å². The van der Waals surface area contributed by atoms with E-state index in [1.165, 1.54) is 13.2 Å². The van der Waals surface area contributed by atoms with Crippen LogP contribution in [0, 0.1) is 5.92 Å². The normalized spacial score (nSPS) is 20.8. The van der Waals surface area contributed by atoms with Crippen molar-refractivity contribution in [3.8, 4) is 0 Å². The predicted molar refractivity (Wildman–Crippen MR) is 121 cm³/mol. The SMILES string of the molecule is COC(=O)c1cccc(C(=O)N2CCC([C@]3(Cc4ccccc4Cl)NC(=O)NC3=O)CC2)c1. The number of carbonyl (C=O) groups is 4. The van der Waals surface area contributed by atoms with E-state index >= 15 is 0 Å². The van der Waals surface area contributed by atoms with Crippen molar-refractivity contribution in [2.24, 2.45) is 5.92 Å². The number of halogens is 1. The summed E-state index contributed by atoms with van der Waals surface area (Å²) in [6.07, 6.45) is 1.32. The van der Waals surface area contributed by atoms with Crippen molar-refractivity contribution in [3.63, 3.8) is 0 Å². The summed E-state index contributed by atoms with van der Waals surface area (Å²) in [6.45, 7) is 0.832. The molecule has 2 aliphatic rings. The molecule has 1 atom stereocenters. The fourth-order valence-electron chi connectivity index (χ4n) is 4.66. The first-order valence-electron chi connectivity index (χ1n) is 10.7. The number of nitrogens with one attached hydrogen (secondary N) is 2. The van der Waals surface area contributed by atoms with Crippen LogP contribution in [-0.2, 0) is 16.0 Å². The lowest BCUT2D eigenvalue weighted by atomic mass is 9.74. The molecule has 0 aliphatic carbocycles. The molecule has 0 unspecified atom stereocenters. The van der Waals surface area contributed by atoms with E-state index in [9.17, 15) is 19.2 Å². The van der Waals surface area contributed by atoms with Crippen LogP contribution in [0.3, 0.4) is 0 Å². The molecule has 172 valence electrons. The van der Waals surface area contributed by atoms with Crippen LogP contribution in [-0.4, -0.2) is 54.5 Å². The van der Waals surface area contributed by atoms with E-state index in [2.05, 4.69) is 10.6 Å². The summed E-state index contributed by atoms with van der Waals surface area (Å²) in [5, 5.41) is 5.75. The second-order valence-corrected chi connectivity index (χ2v) is 8.69. The van der Waals surface area contributed by atoms with Gasteiger partial charge in [0.05, 0.1) is 12.7 Å². The predicted octanol–water partition coefficient (Wildman–Crippen LogP) is 2.80. The zero-order valence-corrected chi connectivity index (χ0v) is 18.9. The van der Waals surface area contributed by atoms with Gasteiger partial charge in [0, 0.05) is 30.1 Å². The summed E-state index contributed by atoms with van der Waals surface area (Å²) in [5.74, 6) is -1.25. The van der Waals surface area contributed by atoms with Crippen LogP contribution in [0.25, 0.3) is 0 Å². The van der Waals surface area contributed by atoms with Gasteiger partial charge in [-0.25, -0.2) is 9.59 Å². The fourth-order valence-corrected chi connectivity index (χ4v) is 4.86. The minimum Gasteiger partial charge on any atom is -0.465 e. The fraction of sp³-hybridized carbons (Fsp3) is 0.333. The van der Waals surface area contributed by atoms with E-state index < -0.39 is 17.5 Å². The number of hydrogen-bond acceptors (Lipinski definition) is 5. The van der Waals surface area contributed by atoms with Gasteiger partial charge in [-0.05, 0) is 48.6 Å². The van der Waals surface area contributed by atoms with Gasteiger partial charge in [-0.1, -0.05) is 35.9 Å². The van der Waals surface area contributed by atoms with Crippen LogP contribution in [0.15, 0.2) is 48.5 Å². The van der Waals surface area contributed by atoms with Crippen molar-refractivity contribution in [2.75, 3.05) is 20.2 Å². The average molecular weight is 470 g/mol. The lowest BCUT2D eigenvalue weighted by molar-refractivity contribution is -0.126. The number of hydrogen-bond donors (Lipinski definition) is 2. The second kappa shape index (κ2) is 9.23. The maximum atomic E-state index is 13.0. The number of methoxy groups -OCH3 is 1. The number of amides is 4. The third kappa shape index (κ3) is 4.43. The van der Waals surface area contributed by atoms with Crippen LogP contribution >= 0.6 is 11.6 Å². The van der Waals surface area contributed by atoms with Crippen LogP contribution < -0.4 is 10.6 Å². The largest absolute Gasteiger partial charge is 0.465 e. The standard InChI is InChI=1S/C24H24ClN3O5/c1-33-21(30)16-7-4-6-15(13-16)20(29)28-11-9-18(10-12-28)24(22(31)26-23(32)27-24)14-17-5-2-3-8-19(17)25/h2-8,13,18H,9-12,14H2,1H3,(H2,26,27,31,32)/t24-/m0/s1. The van der Waals surface area contributed by atoms with E-state index in [0.717, 1.165) is 5.56 Å². The van der Waals surface area contributed by atoms with Gasteiger partial charge in [-0.15, -0.1) is 0 Å². The van der Waals surface area contributed by atoms with Crippen molar-refractivity contribution in [3.05, 3.63) is 70.2 Å². The Balaban J connectivity index is 1.51. The summed E-state index contributed by atoms with van der Waals surface area (Å²) < 4.78 is 4.73. The Labute approximate surface area is 196 Å². The van der Waals surface area contributed by atoms with Crippen LogP contribution in [0.2, 0.25) is 5.02 Å². The quantitative estimate of drug-likeness (QED) is 0.517. The number of urea groups is 1. The zero-order valence-electron chi connectivity index (χ0n) is 18.1. The summed E-state index contributed by atoms with van der Waals surface area (Å²) in [5.41, 5.74) is 0.355. The molecule has 0 aromatic heterocycles. The Morgan fingerprint density at radius 2 is 1.79 bits per heavy atom. The van der Waals surface area contributed by atoms with E-state index in [1.807, 2.05) is 18.2 Å². The summed E-state index contributed by atoms with van der Waals surface area (Å²) in [6, 6.07) is 13.1. The van der Waals surface area contributed by atoms with E-state index in [0.29, 0.717) is 42.1 Å². The molecule has 33 heavy (non-hydrogen) atoms. The minimum absolute atomic E-state index is 0.175. The van der Waals surface area contributed by atoms with Crippen molar-refractivity contribution >= 4 is 35.4 Å². The highest BCUT2D eigenvalue weighted by Gasteiger charge is 2.52. The van der Waals surface area contributed by atoms with Gasteiger partial charge in [-0.2, -0.15) is 0 Å². The van der Waals surface area contributed by atoms with Crippen LogP contribution in [0.1, 0.15) is 39.1 Å². The Kier molecular flexibility index (Phi) is 6.37. The molecular weight excluding hydrogens is 446 g/mol. The number of ether oxygens (including phenoxy) is 1. The van der Waals surface area contributed by atoms with Crippen molar-refractivity contribution in [1.82, 2.24) is 15.5 Å². The van der Waals surface area contributed by atoms with Crippen molar-refractivity contribution in [1.29, 1.82) is 0 Å². The third-order valence-corrected chi connectivity index (χ3v) is 6.77. The number of nitrogens with zero attached hydrogens (tertiary/aromatic N) is 1. The number of rotatable bonds is 5. The lowest BCUT2D eigenvalue weighted by Gasteiger charge is -2.41. The molecule has 0 spiro atoms. The maximum Gasteiger partial charge on any atom is 0.337 e. The lowest BCUT2D eigenvalue weighted by Crippen LogP contribution is -2.58. The molecule has 0 saturated carbocycles. The summed E-state index contributed by atoms with van der Waals surface area (Å²) >= 11 is 6.34. The van der Waals surface area contributed by atoms with Gasteiger partial charge in [0.2, 0.25) is 0 Å². The monoisotopic (exact) mass is 469 g/mol. The molecule has 0 radical (unpaired) electrons. The Hall–Kier alpha value is -3.39. The smallest absolute Gasteiger partial charge is 0.337 e. The van der Waals surface area contributed by atoms with Gasteiger partial charge in [-0.3, -0.25) is 14.9 Å². The molecule has 8 nitrogen and oxygen atoms in total. The first-order valence-corrected chi connectivity index (χ1v) is 11.1. The number of piperidine rings is 1. The molecule has 4 rings (SSSR count). The molecule has 2 saturated heterocycles. The van der Waals surface area contributed by atoms with E-state index in [1.54, 1.807) is 29.2 Å². The highest BCUT2D eigenvalue weighted by Crippen LogP contribution is 2.35. The highest BCUT2D eigenvalue weighted by molar-refractivity contribution is 6.31. The van der Waals surface area contributed by atoms with Gasteiger partial charge in [0.1, 0.15) is 5.54 Å². The summed E-state index contributed by atoms with van der Waals surface area (Å²) in [4.78, 5) is 51.5. The summed E-state index contributed by atoms with van der Waals surface area (Å²) in [7, 11) is 1.29. The molecule has 0 bridgehead atoms. The van der Waals surface area contributed by atoms with Gasteiger partial charge < -0.3 is 15.0 Å². The maximum absolute atomic E-state index is 13.0.